The van der Waals surface area contributed by atoms with Gasteiger partial charge in [0.05, 0.1) is 6.10 Å². The largest absolute Gasteiger partial charge is 0.393 e. The van der Waals surface area contributed by atoms with E-state index in [1.807, 2.05) is 0 Å². The average Bonchev–Trinajstić information content (AvgIpc) is 2.45. The van der Waals surface area contributed by atoms with Gasteiger partial charge in [-0.3, -0.25) is 0 Å². The van der Waals surface area contributed by atoms with Crippen LogP contribution in [0.4, 0.5) is 0 Å². The fourth-order valence-corrected chi connectivity index (χ4v) is 2.98. The van der Waals surface area contributed by atoms with E-state index in [1.165, 1.54) is 22.3 Å². The molecule has 0 amide bonds. The third-order valence-corrected chi connectivity index (χ3v) is 4.13. The maximum atomic E-state index is 9.72. The van der Waals surface area contributed by atoms with Crippen molar-refractivity contribution in [3.8, 4) is 11.1 Å². The van der Waals surface area contributed by atoms with Crippen LogP contribution in [0.15, 0.2) is 48.5 Å². The van der Waals surface area contributed by atoms with Crippen LogP contribution in [0.1, 0.15) is 65.5 Å². The van der Waals surface area contributed by atoms with Gasteiger partial charge in [0.25, 0.3) is 0 Å². The molecule has 144 valence electrons. The normalized spacial score (nSPS) is 11.9. The standard InChI is InChI=1S/C14H14.C11H24O/c1-11-3-7-13(8-4-11)14-9-5-12(2)6-10-14;1-10(2,3)7-9(12)8-11(4,5)6/h3-10H,1-2H3;9,12H,7-8H2,1-6H3. The van der Waals surface area contributed by atoms with Gasteiger partial charge in [-0.25, -0.2) is 0 Å². The van der Waals surface area contributed by atoms with Crippen molar-refractivity contribution < 1.29 is 5.11 Å². The predicted octanol–water partition coefficient (Wildman–Crippen LogP) is 7.19. The Hall–Kier alpha value is -1.60. The molecule has 0 saturated carbocycles. The fourth-order valence-electron chi connectivity index (χ4n) is 2.98. The van der Waals surface area contributed by atoms with E-state index in [0.29, 0.717) is 0 Å². The summed E-state index contributed by atoms with van der Waals surface area (Å²) in [5.74, 6) is 0. The van der Waals surface area contributed by atoms with Gasteiger partial charge >= 0.3 is 0 Å². The molecule has 0 spiro atoms. The maximum absolute atomic E-state index is 9.72. The van der Waals surface area contributed by atoms with E-state index in [1.54, 1.807) is 0 Å². The summed E-state index contributed by atoms with van der Waals surface area (Å²) in [5, 5.41) is 9.72. The minimum absolute atomic E-state index is 0.148. The Bertz CT molecular complexity index is 577. The number of rotatable bonds is 3. The highest BCUT2D eigenvalue weighted by molar-refractivity contribution is 5.63. The van der Waals surface area contributed by atoms with Gasteiger partial charge in [-0.15, -0.1) is 0 Å². The molecule has 0 saturated heterocycles. The number of benzene rings is 2. The quantitative estimate of drug-likeness (QED) is 0.618. The summed E-state index contributed by atoms with van der Waals surface area (Å²) in [5.41, 5.74) is 5.67. The first-order chi connectivity index (χ1) is 11.9. The zero-order valence-corrected chi connectivity index (χ0v) is 18.1. The molecule has 0 atom stereocenters. The monoisotopic (exact) mass is 354 g/mol. The molecule has 0 aliphatic heterocycles. The van der Waals surface area contributed by atoms with Gasteiger partial charge in [0.15, 0.2) is 0 Å². The molecular weight excluding hydrogens is 316 g/mol. The van der Waals surface area contributed by atoms with E-state index in [4.69, 9.17) is 0 Å². The first kappa shape index (κ1) is 22.4. The highest BCUT2D eigenvalue weighted by Gasteiger charge is 2.21. The first-order valence-electron chi connectivity index (χ1n) is 9.67. The zero-order chi connectivity index (χ0) is 20.0. The molecular formula is C25H38O. The van der Waals surface area contributed by atoms with Gasteiger partial charge in [0, 0.05) is 0 Å². The minimum Gasteiger partial charge on any atom is -0.393 e. The molecule has 0 aliphatic rings. The predicted molar refractivity (Wildman–Crippen MR) is 116 cm³/mol. The SMILES string of the molecule is CC(C)(C)CC(O)CC(C)(C)C.Cc1ccc(-c2ccc(C)cc2)cc1. The number of hydrogen-bond donors (Lipinski definition) is 1. The van der Waals surface area contributed by atoms with Crippen LogP contribution in [-0.4, -0.2) is 11.2 Å². The van der Waals surface area contributed by atoms with E-state index >= 15 is 0 Å². The van der Waals surface area contributed by atoms with Crippen molar-refractivity contribution in [1.82, 2.24) is 0 Å². The van der Waals surface area contributed by atoms with Crippen LogP contribution in [0.3, 0.4) is 0 Å². The molecule has 1 N–H and O–H groups in total. The van der Waals surface area contributed by atoms with E-state index in [-0.39, 0.29) is 16.9 Å². The molecule has 0 unspecified atom stereocenters. The van der Waals surface area contributed by atoms with Gasteiger partial charge in [0.2, 0.25) is 0 Å². The lowest BCUT2D eigenvalue weighted by molar-refractivity contribution is 0.0807. The molecule has 2 aromatic carbocycles. The molecule has 0 fully saturated rings. The van der Waals surface area contributed by atoms with Crippen molar-refractivity contribution in [3.63, 3.8) is 0 Å². The van der Waals surface area contributed by atoms with E-state index in [9.17, 15) is 5.11 Å². The lowest BCUT2D eigenvalue weighted by atomic mass is 9.82. The Morgan fingerprint density at radius 3 is 1.12 bits per heavy atom. The number of hydrogen-bond acceptors (Lipinski definition) is 1. The van der Waals surface area contributed by atoms with Crippen molar-refractivity contribution in [2.75, 3.05) is 0 Å². The van der Waals surface area contributed by atoms with Gasteiger partial charge in [-0.2, -0.15) is 0 Å². The number of aliphatic hydroxyl groups is 1. The summed E-state index contributed by atoms with van der Waals surface area (Å²) in [6.45, 7) is 17.2. The van der Waals surface area contributed by atoms with Crippen LogP contribution in [0.5, 0.6) is 0 Å². The molecule has 2 rings (SSSR count). The summed E-state index contributed by atoms with van der Waals surface area (Å²) in [6, 6.07) is 17.3. The van der Waals surface area contributed by atoms with Crippen molar-refractivity contribution in [2.45, 2.75) is 74.3 Å². The molecule has 1 heteroatoms. The van der Waals surface area contributed by atoms with E-state index < -0.39 is 0 Å². The zero-order valence-electron chi connectivity index (χ0n) is 18.1. The molecule has 2 aromatic rings. The second kappa shape index (κ2) is 9.37. The number of aliphatic hydroxyl groups excluding tert-OH is 1. The van der Waals surface area contributed by atoms with Crippen molar-refractivity contribution in [1.29, 1.82) is 0 Å². The van der Waals surface area contributed by atoms with Crippen LogP contribution in [0, 0.1) is 24.7 Å². The molecule has 0 bridgehead atoms. The van der Waals surface area contributed by atoms with Gasteiger partial charge < -0.3 is 5.11 Å². The van der Waals surface area contributed by atoms with Gasteiger partial charge in [0.1, 0.15) is 0 Å². The molecule has 0 aliphatic carbocycles. The Kier molecular flexibility index (Phi) is 8.09. The lowest BCUT2D eigenvalue weighted by Gasteiger charge is -2.27. The summed E-state index contributed by atoms with van der Waals surface area (Å²) < 4.78 is 0. The molecule has 0 radical (unpaired) electrons. The fraction of sp³-hybridized carbons (Fsp3) is 0.520. The molecule has 0 aromatic heterocycles. The summed E-state index contributed by atoms with van der Waals surface area (Å²) in [4.78, 5) is 0. The lowest BCUT2D eigenvalue weighted by Crippen LogP contribution is -2.22. The minimum atomic E-state index is -0.148. The van der Waals surface area contributed by atoms with Gasteiger partial charge in [-0.05, 0) is 48.6 Å². The molecule has 1 nitrogen and oxygen atoms in total. The van der Waals surface area contributed by atoms with Crippen molar-refractivity contribution >= 4 is 0 Å². The van der Waals surface area contributed by atoms with Gasteiger partial charge in [-0.1, -0.05) is 101 Å². The van der Waals surface area contributed by atoms with Crippen molar-refractivity contribution in [2.24, 2.45) is 10.8 Å². The second-order valence-corrected chi connectivity index (χ2v) is 9.92. The van der Waals surface area contributed by atoms with E-state index in [2.05, 4.69) is 104 Å². The topological polar surface area (TPSA) is 20.2 Å². The maximum Gasteiger partial charge on any atom is 0.0550 e. The Morgan fingerprint density at radius 1 is 0.615 bits per heavy atom. The molecule has 0 heterocycles. The van der Waals surface area contributed by atoms with Crippen LogP contribution in [0.2, 0.25) is 0 Å². The summed E-state index contributed by atoms with van der Waals surface area (Å²) in [6.07, 6.45) is 1.64. The Balaban J connectivity index is 0.000000265. The third-order valence-electron chi connectivity index (χ3n) is 4.13. The van der Waals surface area contributed by atoms with Crippen molar-refractivity contribution in [3.05, 3.63) is 59.7 Å². The van der Waals surface area contributed by atoms with Crippen LogP contribution in [-0.2, 0) is 0 Å². The summed E-state index contributed by atoms with van der Waals surface area (Å²) in [7, 11) is 0. The highest BCUT2D eigenvalue weighted by atomic mass is 16.3. The number of aryl methyl sites for hydroxylation is 2. The first-order valence-corrected chi connectivity index (χ1v) is 9.67. The highest BCUT2D eigenvalue weighted by Crippen LogP contribution is 2.28. The second-order valence-electron chi connectivity index (χ2n) is 9.92. The van der Waals surface area contributed by atoms with Crippen LogP contribution in [0.25, 0.3) is 11.1 Å². The third kappa shape index (κ3) is 9.77. The Morgan fingerprint density at radius 2 is 0.885 bits per heavy atom. The Labute approximate surface area is 161 Å². The summed E-state index contributed by atoms with van der Waals surface area (Å²) >= 11 is 0. The smallest absolute Gasteiger partial charge is 0.0550 e. The average molecular weight is 355 g/mol. The van der Waals surface area contributed by atoms with E-state index in [0.717, 1.165) is 12.8 Å². The van der Waals surface area contributed by atoms with Crippen LogP contribution < -0.4 is 0 Å². The molecule has 26 heavy (non-hydrogen) atoms. The van der Waals surface area contributed by atoms with Crippen LogP contribution >= 0.6 is 0 Å².